The van der Waals surface area contributed by atoms with Crippen LogP contribution >= 0.6 is 23.2 Å². The molecule has 2 aromatic rings. The third-order valence-electron chi connectivity index (χ3n) is 2.60. The smallest absolute Gasteiger partial charge is 0.405 e. The maximum absolute atomic E-state index is 12.5. The first-order valence-electron chi connectivity index (χ1n) is 5.62. The van der Waals surface area contributed by atoms with Crippen molar-refractivity contribution in [3.63, 3.8) is 0 Å². The van der Waals surface area contributed by atoms with Crippen LogP contribution in [0.4, 0.5) is 13.2 Å². The molecule has 0 fully saturated rings. The van der Waals surface area contributed by atoms with Gasteiger partial charge in [-0.3, -0.25) is 0 Å². The van der Waals surface area contributed by atoms with Gasteiger partial charge in [-0.2, -0.15) is 0 Å². The molecule has 21 heavy (non-hydrogen) atoms. The van der Waals surface area contributed by atoms with E-state index < -0.39 is 6.36 Å². The van der Waals surface area contributed by atoms with E-state index in [0.29, 0.717) is 16.1 Å². The van der Waals surface area contributed by atoms with Gasteiger partial charge in [0.05, 0.1) is 10.0 Å². The lowest BCUT2D eigenvalue weighted by molar-refractivity contribution is -0.274. The number of halogens is 5. The lowest BCUT2D eigenvalue weighted by atomic mass is 10.0. The predicted molar refractivity (Wildman–Crippen MR) is 76.5 cm³/mol. The van der Waals surface area contributed by atoms with Gasteiger partial charge in [-0.1, -0.05) is 35.2 Å². The Morgan fingerprint density at radius 2 is 1.71 bits per heavy atom. The van der Waals surface area contributed by atoms with Gasteiger partial charge in [0.1, 0.15) is 5.75 Å². The Kier molecular flexibility index (Phi) is 4.36. The molecule has 0 bridgehead atoms. The van der Waals surface area contributed by atoms with E-state index in [9.17, 15) is 13.2 Å². The van der Waals surface area contributed by atoms with Gasteiger partial charge in [0.25, 0.3) is 0 Å². The van der Waals surface area contributed by atoms with Gasteiger partial charge < -0.3 is 4.74 Å². The predicted octanol–water partition coefficient (Wildman–Crippen LogP) is 5.54. The van der Waals surface area contributed by atoms with Gasteiger partial charge in [0.2, 0.25) is 0 Å². The molecule has 0 saturated heterocycles. The summed E-state index contributed by atoms with van der Waals surface area (Å²) in [5.74, 6) is 2.00. The van der Waals surface area contributed by atoms with Crippen LogP contribution in [0.2, 0.25) is 10.0 Å². The first-order chi connectivity index (χ1) is 9.80. The van der Waals surface area contributed by atoms with Crippen LogP contribution in [-0.4, -0.2) is 6.36 Å². The number of hydrogen-bond donors (Lipinski definition) is 0. The Balaban J connectivity index is 2.58. The Labute approximate surface area is 129 Å². The number of alkyl halides is 3. The van der Waals surface area contributed by atoms with Crippen LogP contribution in [0.3, 0.4) is 0 Å². The van der Waals surface area contributed by atoms with Gasteiger partial charge >= 0.3 is 6.36 Å². The minimum absolute atomic E-state index is 0.182. The number of terminal acetylenes is 1. The number of ether oxygens (including phenoxy) is 1. The van der Waals surface area contributed by atoms with Gasteiger partial charge in [0, 0.05) is 11.1 Å². The summed E-state index contributed by atoms with van der Waals surface area (Å²) in [6.45, 7) is 0. The average Bonchev–Trinajstić information content (AvgIpc) is 2.41. The quantitative estimate of drug-likeness (QED) is 0.657. The van der Waals surface area contributed by atoms with Crippen molar-refractivity contribution in [3.8, 4) is 29.2 Å². The normalized spacial score (nSPS) is 11.0. The van der Waals surface area contributed by atoms with Gasteiger partial charge in [-0.15, -0.1) is 19.6 Å². The van der Waals surface area contributed by atoms with E-state index in [1.54, 1.807) is 0 Å². The van der Waals surface area contributed by atoms with E-state index >= 15 is 0 Å². The van der Waals surface area contributed by atoms with Crippen LogP contribution in [-0.2, 0) is 0 Å². The van der Waals surface area contributed by atoms with Crippen molar-refractivity contribution in [2.24, 2.45) is 0 Å². The number of rotatable bonds is 2. The molecule has 0 aliphatic carbocycles. The molecule has 2 aromatic carbocycles. The highest BCUT2D eigenvalue weighted by Gasteiger charge is 2.32. The Morgan fingerprint density at radius 3 is 2.29 bits per heavy atom. The summed E-state index contributed by atoms with van der Waals surface area (Å²) in [5.41, 5.74) is 1.02. The van der Waals surface area contributed by atoms with Crippen LogP contribution in [0.15, 0.2) is 36.4 Å². The molecule has 0 aliphatic heterocycles. The van der Waals surface area contributed by atoms with Crippen molar-refractivity contribution in [1.29, 1.82) is 0 Å². The van der Waals surface area contributed by atoms with Gasteiger partial charge in [-0.05, 0) is 35.9 Å². The lowest BCUT2D eigenvalue weighted by Gasteiger charge is -2.14. The fourth-order valence-electron chi connectivity index (χ4n) is 1.72. The number of benzene rings is 2. The van der Waals surface area contributed by atoms with E-state index in [1.807, 2.05) is 0 Å². The van der Waals surface area contributed by atoms with Crippen LogP contribution in [0.25, 0.3) is 11.1 Å². The second-order valence-corrected chi connectivity index (χ2v) is 4.85. The summed E-state index contributed by atoms with van der Waals surface area (Å²) >= 11 is 11.7. The average molecular weight is 331 g/mol. The Bertz CT molecular complexity index is 718. The zero-order valence-corrected chi connectivity index (χ0v) is 11.9. The summed E-state index contributed by atoms with van der Waals surface area (Å²) in [6.07, 6.45) is 0.465. The van der Waals surface area contributed by atoms with Crippen LogP contribution in [0.1, 0.15) is 5.56 Å². The lowest BCUT2D eigenvalue weighted by Crippen LogP contribution is -2.17. The minimum Gasteiger partial charge on any atom is -0.405 e. The largest absolute Gasteiger partial charge is 0.573 e. The van der Waals surface area contributed by atoms with Gasteiger partial charge in [-0.25, -0.2) is 0 Å². The maximum atomic E-state index is 12.5. The molecule has 108 valence electrons. The van der Waals surface area contributed by atoms with Crippen LogP contribution in [0, 0.1) is 12.3 Å². The first kappa shape index (κ1) is 15.6. The first-order valence-corrected chi connectivity index (χ1v) is 6.37. The monoisotopic (exact) mass is 330 g/mol. The minimum atomic E-state index is -4.80. The molecular formula is C15H7Cl2F3O. The van der Waals surface area contributed by atoms with E-state index in [1.165, 1.54) is 36.4 Å². The van der Waals surface area contributed by atoms with E-state index in [4.69, 9.17) is 29.6 Å². The molecule has 0 atom stereocenters. The fourth-order valence-corrected chi connectivity index (χ4v) is 2.02. The van der Waals surface area contributed by atoms with Crippen LogP contribution < -0.4 is 4.74 Å². The molecule has 0 amide bonds. The molecule has 0 aliphatic rings. The summed E-state index contributed by atoms with van der Waals surface area (Å²) in [7, 11) is 0. The fraction of sp³-hybridized carbons (Fsp3) is 0.0667. The summed E-state index contributed by atoms with van der Waals surface area (Å²) in [6, 6.07) is 8.41. The molecule has 0 N–H and O–H groups in total. The highest BCUT2D eigenvalue weighted by atomic mass is 35.5. The van der Waals surface area contributed by atoms with E-state index in [-0.39, 0.29) is 16.3 Å². The molecule has 0 unspecified atom stereocenters. The SMILES string of the molecule is C#Cc1ccc(OC(F)(F)F)c(-c2ccc(Cl)c(Cl)c2)c1. The van der Waals surface area contributed by atoms with Gasteiger partial charge in [0.15, 0.2) is 0 Å². The molecule has 2 rings (SSSR count). The van der Waals surface area contributed by atoms with E-state index in [2.05, 4.69) is 10.7 Å². The second kappa shape index (κ2) is 5.88. The molecule has 6 heteroatoms. The second-order valence-electron chi connectivity index (χ2n) is 4.03. The molecule has 0 heterocycles. The van der Waals surface area contributed by atoms with Crippen molar-refractivity contribution in [1.82, 2.24) is 0 Å². The molecule has 1 nitrogen and oxygen atoms in total. The summed E-state index contributed by atoms with van der Waals surface area (Å²) in [5, 5.41) is 0.519. The van der Waals surface area contributed by atoms with Crippen molar-refractivity contribution in [3.05, 3.63) is 52.0 Å². The molecule has 0 radical (unpaired) electrons. The van der Waals surface area contributed by atoms with Crippen molar-refractivity contribution in [2.45, 2.75) is 6.36 Å². The highest BCUT2D eigenvalue weighted by Crippen LogP contribution is 2.37. The molecular weight excluding hydrogens is 324 g/mol. The molecule has 0 aromatic heterocycles. The molecule has 0 spiro atoms. The highest BCUT2D eigenvalue weighted by molar-refractivity contribution is 6.42. The standard InChI is InChI=1S/C15H7Cl2F3O/c1-2-9-3-6-14(21-15(18,19)20)11(7-9)10-4-5-12(16)13(17)8-10/h1,3-8H. The third-order valence-corrected chi connectivity index (χ3v) is 3.34. The van der Waals surface area contributed by atoms with Crippen molar-refractivity contribution in [2.75, 3.05) is 0 Å². The maximum Gasteiger partial charge on any atom is 0.573 e. The summed E-state index contributed by atoms with van der Waals surface area (Å²) < 4.78 is 41.4. The zero-order chi connectivity index (χ0) is 15.6. The number of hydrogen-bond acceptors (Lipinski definition) is 1. The molecule has 0 saturated carbocycles. The topological polar surface area (TPSA) is 9.23 Å². The van der Waals surface area contributed by atoms with Crippen molar-refractivity contribution < 1.29 is 17.9 Å². The van der Waals surface area contributed by atoms with Crippen molar-refractivity contribution >= 4 is 23.2 Å². The summed E-state index contributed by atoms with van der Waals surface area (Å²) in [4.78, 5) is 0. The van der Waals surface area contributed by atoms with E-state index in [0.717, 1.165) is 0 Å². The van der Waals surface area contributed by atoms with Crippen LogP contribution in [0.5, 0.6) is 5.75 Å². The third kappa shape index (κ3) is 3.84. The Morgan fingerprint density at radius 1 is 1.00 bits per heavy atom. The Hall–Kier alpha value is -1.83. The zero-order valence-electron chi connectivity index (χ0n) is 10.3.